The number of aromatic amines is 1. The monoisotopic (exact) mass is 302 g/mol. The summed E-state index contributed by atoms with van der Waals surface area (Å²) in [5.74, 6) is 0. The summed E-state index contributed by atoms with van der Waals surface area (Å²) in [7, 11) is 0. The molecule has 2 aromatic carbocycles. The van der Waals surface area contributed by atoms with Crippen LogP contribution in [-0.2, 0) is 6.42 Å². The Bertz CT molecular complexity index is 857. The van der Waals surface area contributed by atoms with Crippen LogP contribution in [0, 0.1) is 0 Å². The van der Waals surface area contributed by atoms with E-state index in [1.165, 1.54) is 33.3 Å². The van der Waals surface area contributed by atoms with Crippen molar-refractivity contribution in [3.8, 4) is 0 Å². The minimum atomic E-state index is 0.992. The molecule has 0 radical (unpaired) electrons. The van der Waals surface area contributed by atoms with Gasteiger partial charge >= 0.3 is 0 Å². The van der Waals surface area contributed by atoms with Gasteiger partial charge in [0, 0.05) is 41.4 Å². The molecule has 0 saturated heterocycles. The van der Waals surface area contributed by atoms with Crippen molar-refractivity contribution in [2.45, 2.75) is 19.8 Å². The highest BCUT2D eigenvalue weighted by Gasteiger charge is 2.17. The zero-order chi connectivity index (χ0) is 15.6. The number of hydrogen-bond donors (Lipinski definition) is 1. The van der Waals surface area contributed by atoms with E-state index < -0.39 is 0 Å². The van der Waals surface area contributed by atoms with Gasteiger partial charge in [-0.05, 0) is 36.1 Å². The van der Waals surface area contributed by atoms with Crippen LogP contribution in [0.2, 0.25) is 0 Å². The Morgan fingerprint density at radius 1 is 1.04 bits per heavy atom. The molecule has 0 spiro atoms. The number of rotatable bonds is 3. The van der Waals surface area contributed by atoms with E-state index in [0.29, 0.717) is 0 Å². The number of nitrogens with zero attached hydrogens (tertiary/aromatic N) is 1. The maximum atomic E-state index is 3.39. The Hall–Kier alpha value is -2.48. The molecule has 1 N–H and O–H groups in total. The Balaban J connectivity index is 1.62. The van der Waals surface area contributed by atoms with E-state index >= 15 is 0 Å². The van der Waals surface area contributed by atoms with Gasteiger partial charge in [0.05, 0.1) is 0 Å². The summed E-state index contributed by atoms with van der Waals surface area (Å²) in [6.07, 6.45) is 6.74. The third-order valence-corrected chi connectivity index (χ3v) is 4.86. The minimum absolute atomic E-state index is 0.992. The average molecular weight is 302 g/mol. The average Bonchev–Trinajstić information content (AvgIpc) is 3.06. The lowest BCUT2D eigenvalue weighted by molar-refractivity contribution is 0.825. The Kier molecular flexibility index (Phi) is 3.66. The van der Waals surface area contributed by atoms with Crippen molar-refractivity contribution in [2.24, 2.45) is 0 Å². The summed E-state index contributed by atoms with van der Waals surface area (Å²) in [5.41, 5.74) is 6.89. The molecule has 2 heteroatoms. The van der Waals surface area contributed by atoms with Crippen LogP contribution in [0.15, 0.2) is 60.8 Å². The van der Waals surface area contributed by atoms with Crippen LogP contribution >= 0.6 is 0 Å². The third-order valence-electron chi connectivity index (χ3n) is 4.86. The molecule has 0 amide bonds. The second-order valence-corrected chi connectivity index (χ2v) is 6.16. The van der Waals surface area contributed by atoms with Crippen molar-refractivity contribution in [2.75, 3.05) is 18.0 Å². The van der Waals surface area contributed by atoms with E-state index in [1.54, 1.807) is 0 Å². The second kappa shape index (κ2) is 5.96. The maximum Gasteiger partial charge on any atom is 0.0460 e. The van der Waals surface area contributed by atoms with Gasteiger partial charge in [-0.15, -0.1) is 0 Å². The molecule has 116 valence electrons. The van der Waals surface area contributed by atoms with Crippen molar-refractivity contribution >= 4 is 22.2 Å². The quantitative estimate of drug-likeness (QED) is 0.719. The number of H-pyrrole nitrogens is 1. The predicted molar refractivity (Wildman–Crippen MR) is 98.9 cm³/mol. The molecule has 0 aliphatic carbocycles. The maximum absolute atomic E-state index is 3.39. The van der Waals surface area contributed by atoms with Crippen LogP contribution in [0.4, 0.5) is 5.69 Å². The summed E-state index contributed by atoms with van der Waals surface area (Å²) in [4.78, 5) is 5.89. The molecule has 3 aromatic rings. The predicted octanol–water partition coefficient (Wildman–Crippen LogP) is 5.02. The molecule has 4 rings (SSSR count). The lowest BCUT2D eigenvalue weighted by Crippen LogP contribution is -2.29. The van der Waals surface area contributed by atoms with Gasteiger partial charge < -0.3 is 9.88 Å². The Labute approximate surface area is 137 Å². The number of para-hydroxylation sites is 2. The lowest BCUT2D eigenvalue weighted by atomic mass is 9.98. The summed E-state index contributed by atoms with van der Waals surface area (Å²) in [6.45, 7) is 4.31. The van der Waals surface area contributed by atoms with Gasteiger partial charge in [-0.1, -0.05) is 49.4 Å². The van der Waals surface area contributed by atoms with Crippen LogP contribution in [0.25, 0.3) is 16.5 Å². The van der Waals surface area contributed by atoms with E-state index in [4.69, 9.17) is 0 Å². The van der Waals surface area contributed by atoms with Gasteiger partial charge in [0.25, 0.3) is 0 Å². The highest BCUT2D eigenvalue weighted by Crippen LogP contribution is 2.31. The summed E-state index contributed by atoms with van der Waals surface area (Å²) in [6, 6.07) is 17.3. The molecular weight excluding hydrogens is 280 g/mol. The molecule has 2 nitrogen and oxygen atoms in total. The topological polar surface area (TPSA) is 19.0 Å². The molecule has 0 saturated carbocycles. The number of nitrogens with one attached hydrogen (secondary N) is 1. The van der Waals surface area contributed by atoms with Gasteiger partial charge in [0.2, 0.25) is 0 Å². The molecule has 23 heavy (non-hydrogen) atoms. The number of aryl methyl sites for hydroxylation is 1. The van der Waals surface area contributed by atoms with Crippen LogP contribution in [0.1, 0.15) is 24.5 Å². The van der Waals surface area contributed by atoms with Crippen molar-refractivity contribution in [3.63, 3.8) is 0 Å². The number of benzene rings is 2. The van der Waals surface area contributed by atoms with E-state index in [1.807, 2.05) is 0 Å². The zero-order valence-electron chi connectivity index (χ0n) is 13.5. The SMILES string of the molecule is CCc1ccccc1N1CC=C(c2c[nH]c3ccccc23)CC1. The van der Waals surface area contributed by atoms with Gasteiger partial charge in [0.15, 0.2) is 0 Å². The van der Waals surface area contributed by atoms with E-state index in [2.05, 4.69) is 77.6 Å². The van der Waals surface area contributed by atoms with Gasteiger partial charge in [0.1, 0.15) is 0 Å². The molecule has 0 unspecified atom stereocenters. The fourth-order valence-corrected chi connectivity index (χ4v) is 3.59. The van der Waals surface area contributed by atoms with Crippen LogP contribution in [0.3, 0.4) is 0 Å². The van der Waals surface area contributed by atoms with Gasteiger partial charge in [-0.2, -0.15) is 0 Å². The minimum Gasteiger partial charge on any atom is -0.367 e. The molecule has 1 aromatic heterocycles. The highest BCUT2D eigenvalue weighted by atomic mass is 15.1. The first-order chi connectivity index (χ1) is 11.4. The van der Waals surface area contributed by atoms with Gasteiger partial charge in [-0.25, -0.2) is 0 Å². The smallest absolute Gasteiger partial charge is 0.0460 e. The molecule has 1 aliphatic rings. The van der Waals surface area contributed by atoms with Gasteiger partial charge in [-0.3, -0.25) is 0 Å². The van der Waals surface area contributed by atoms with Crippen molar-refractivity contribution in [1.29, 1.82) is 0 Å². The van der Waals surface area contributed by atoms with Crippen LogP contribution in [0.5, 0.6) is 0 Å². The first-order valence-corrected chi connectivity index (χ1v) is 8.45. The van der Waals surface area contributed by atoms with Crippen LogP contribution < -0.4 is 4.90 Å². The molecule has 0 bridgehead atoms. The lowest BCUT2D eigenvalue weighted by Gasteiger charge is -2.30. The van der Waals surface area contributed by atoms with Crippen LogP contribution in [-0.4, -0.2) is 18.1 Å². The normalized spacial score (nSPS) is 15.0. The standard InChI is InChI=1S/C21H22N2/c1-2-16-7-3-6-10-21(16)23-13-11-17(12-14-23)19-15-22-20-9-5-4-8-18(19)20/h3-11,15,22H,2,12-14H2,1H3. The van der Waals surface area contributed by atoms with Crippen molar-refractivity contribution in [3.05, 3.63) is 71.9 Å². The summed E-state index contributed by atoms with van der Waals surface area (Å²) < 4.78 is 0. The number of aromatic nitrogens is 1. The van der Waals surface area contributed by atoms with E-state index in [9.17, 15) is 0 Å². The molecule has 1 aliphatic heterocycles. The number of hydrogen-bond acceptors (Lipinski definition) is 1. The first-order valence-electron chi connectivity index (χ1n) is 8.45. The second-order valence-electron chi connectivity index (χ2n) is 6.16. The highest BCUT2D eigenvalue weighted by molar-refractivity contribution is 5.93. The molecule has 0 atom stereocenters. The molecular formula is C21H22N2. The fraction of sp³-hybridized carbons (Fsp3) is 0.238. The van der Waals surface area contributed by atoms with Crippen molar-refractivity contribution in [1.82, 2.24) is 4.98 Å². The van der Waals surface area contributed by atoms with E-state index in [-0.39, 0.29) is 0 Å². The molecule has 0 fully saturated rings. The van der Waals surface area contributed by atoms with E-state index in [0.717, 1.165) is 25.9 Å². The summed E-state index contributed by atoms with van der Waals surface area (Å²) in [5, 5.41) is 1.33. The number of anilines is 1. The fourth-order valence-electron chi connectivity index (χ4n) is 3.59. The largest absolute Gasteiger partial charge is 0.367 e. The Morgan fingerprint density at radius 2 is 1.87 bits per heavy atom. The Morgan fingerprint density at radius 3 is 2.70 bits per heavy atom. The molecule has 2 heterocycles. The van der Waals surface area contributed by atoms with Crippen molar-refractivity contribution < 1.29 is 0 Å². The number of fused-ring (bicyclic) bond motifs is 1. The zero-order valence-corrected chi connectivity index (χ0v) is 13.5. The first kappa shape index (κ1) is 14.1. The third kappa shape index (κ3) is 2.55. The summed E-state index contributed by atoms with van der Waals surface area (Å²) >= 11 is 0.